The van der Waals surface area contributed by atoms with Crippen molar-refractivity contribution in [3.8, 4) is 0 Å². The molecule has 0 radical (unpaired) electrons. The molecule has 176 valence electrons. The molecule has 4 rings (SSSR count). The van der Waals surface area contributed by atoms with E-state index in [2.05, 4.69) is 47.0 Å². The summed E-state index contributed by atoms with van der Waals surface area (Å²) in [4.78, 5) is 23.5. The van der Waals surface area contributed by atoms with Crippen LogP contribution in [0, 0.1) is 0 Å². The highest BCUT2D eigenvalue weighted by Crippen LogP contribution is 2.26. The molecule has 9 nitrogen and oxygen atoms in total. The molecule has 2 fully saturated rings. The van der Waals surface area contributed by atoms with E-state index >= 15 is 0 Å². The third kappa shape index (κ3) is 5.31. The number of amides is 1. The van der Waals surface area contributed by atoms with E-state index in [0.717, 1.165) is 62.1 Å². The Morgan fingerprint density at radius 2 is 1.81 bits per heavy atom. The van der Waals surface area contributed by atoms with E-state index in [-0.39, 0.29) is 18.0 Å². The van der Waals surface area contributed by atoms with Crippen LogP contribution in [0.25, 0.3) is 5.65 Å². The van der Waals surface area contributed by atoms with Gasteiger partial charge < -0.3 is 20.9 Å². The van der Waals surface area contributed by atoms with Crippen LogP contribution in [0.5, 0.6) is 0 Å². The van der Waals surface area contributed by atoms with Crippen LogP contribution < -0.4 is 16.0 Å². The average molecular weight is 443 g/mol. The van der Waals surface area contributed by atoms with E-state index in [1.165, 1.54) is 12.8 Å². The van der Waals surface area contributed by atoms with Crippen molar-refractivity contribution in [3.05, 3.63) is 11.8 Å². The number of fused-ring (bicyclic) bond motifs is 1. The largest absolute Gasteiger partial charge is 0.354 e. The van der Waals surface area contributed by atoms with Gasteiger partial charge >= 0.3 is 0 Å². The summed E-state index contributed by atoms with van der Waals surface area (Å²) in [5.74, 6) is 1.44. The Bertz CT molecular complexity index is 918. The van der Waals surface area contributed by atoms with Crippen molar-refractivity contribution in [1.82, 2.24) is 29.8 Å². The van der Waals surface area contributed by atoms with Gasteiger partial charge in [0, 0.05) is 36.7 Å². The standard InChI is InChI=1S/C23H38N8O/c1-5-16-14-24-31-21(16)28-22(26-17-9-11-20(12-10-17)30(3)4)29-23(31)27-19-8-6-7-18(13-19)25-15(2)32/h14,17-20H,5-13H2,1-4H3,(H,25,32)(H2,26,27,28,29). The fourth-order valence-corrected chi connectivity index (χ4v) is 5.17. The number of anilines is 2. The minimum atomic E-state index is 0.0372. The molecule has 2 aliphatic carbocycles. The van der Waals surface area contributed by atoms with Crippen molar-refractivity contribution in [2.75, 3.05) is 24.7 Å². The Kier molecular flexibility index (Phi) is 7.13. The molecule has 0 aliphatic heterocycles. The van der Waals surface area contributed by atoms with Crippen molar-refractivity contribution in [2.24, 2.45) is 0 Å². The van der Waals surface area contributed by atoms with Crippen molar-refractivity contribution in [3.63, 3.8) is 0 Å². The number of nitrogens with zero attached hydrogens (tertiary/aromatic N) is 5. The summed E-state index contributed by atoms with van der Waals surface area (Å²) in [6.07, 6.45) is 11.5. The first-order valence-corrected chi connectivity index (χ1v) is 12.1. The van der Waals surface area contributed by atoms with Gasteiger partial charge in [-0.25, -0.2) is 0 Å². The molecule has 32 heavy (non-hydrogen) atoms. The molecule has 2 aliphatic rings. The Morgan fingerprint density at radius 1 is 1.06 bits per heavy atom. The summed E-state index contributed by atoms with van der Waals surface area (Å²) >= 11 is 0. The summed E-state index contributed by atoms with van der Waals surface area (Å²) in [6, 6.07) is 1.52. The molecule has 0 spiro atoms. The lowest BCUT2D eigenvalue weighted by Gasteiger charge is -2.33. The Hall–Kier alpha value is -2.42. The topological polar surface area (TPSA) is 99.5 Å². The molecule has 0 aromatic carbocycles. The molecule has 2 atom stereocenters. The average Bonchev–Trinajstić information content (AvgIpc) is 3.17. The maximum absolute atomic E-state index is 11.5. The first kappa shape index (κ1) is 22.8. The van der Waals surface area contributed by atoms with Gasteiger partial charge in [-0.3, -0.25) is 4.79 Å². The molecule has 1 amide bonds. The Morgan fingerprint density at radius 3 is 2.50 bits per heavy atom. The van der Waals surface area contributed by atoms with Gasteiger partial charge in [-0.1, -0.05) is 6.92 Å². The fraction of sp³-hybridized carbons (Fsp3) is 0.739. The number of hydrogen-bond acceptors (Lipinski definition) is 7. The van der Waals surface area contributed by atoms with Crippen LogP contribution in [0.4, 0.5) is 11.9 Å². The van der Waals surface area contributed by atoms with Crippen molar-refractivity contribution in [1.29, 1.82) is 0 Å². The predicted molar refractivity (Wildman–Crippen MR) is 127 cm³/mol. The predicted octanol–water partition coefficient (Wildman–Crippen LogP) is 2.83. The molecular weight excluding hydrogens is 404 g/mol. The molecule has 2 unspecified atom stereocenters. The summed E-state index contributed by atoms with van der Waals surface area (Å²) in [5.41, 5.74) is 1.98. The van der Waals surface area contributed by atoms with Gasteiger partial charge in [0.25, 0.3) is 0 Å². The monoisotopic (exact) mass is 442 g/mol. The SMILES string of the molecule is CCc1cnn2c(NC3CCCC(NC(C)=O)C3)nc(NC3CCC(N(C)C)CC3)nc12. The van der Waals surface area contributed by atoms with Crippen molar-refractivity contribution >= 4 is 23.5 Å². The van der Waals surface area contributed by atoms with Gasteiger partial charge in [0.1, 0.15) is 0 Å². The van der Waals surface area contributed by atoms with Gasteiger partial charge in [0.2, 0.25) is 17.8 Å². The minimum absolute atomic E-state index is 0.0372. The van der Waals surface area contributed by atoms with E-state index in [4.69, 9.17) is 9.97 Å². The second-order valence-corrected chi connectivity index (χ2v) is 9.65. The van der Waals surface area contributed by atoms with E-state index in [9.17, 15) is 4.79 Å². The number of hydrogen-bond donors (Lipinski definition) is 3. The van der Waals surface area contributed by atoms with E-state index in [1.807, 2.05) is 10.7 Å². The van der Waals surface area contributed by atoms with Gasteiger partial charge in [-0.05, 0) is 71.9 Å². The third-order valence-electron chi connectivity index (χ3n) is 7.00. The zero-order valence-electron chi connectivity index (χ0n) is 19.9. The molecule has 2 saturated carbocycles. The first-order valence-electron chi connectivity index (χ1n) is 12.1. The Balaban J connectivity index is 1.51. The quantitative estimate of drug-likeness (QED) is 0.606. The maximum Gasteiger partial charge on any atom is 0.229 e. The molecular formula is C23H38N8O. The fourth-order valence-electron chi connectivity index (χ4n) is 5.17. The summed E-state index contributed by atoms with van der Waals surface area (Å²) in [7, 11) is 4.34. The lowest BCUT2D eigenvalue weighted by molar-refractivity contribution is -0.119. The number of carbonyl (C=O) groups is 1. The maximum atomic E-state index is 11.5. The zero-order valence-corrected chi connectivity index (χ0v) is 19.9. The van der Waals surface area contributed by atoms with Crippen LogP contribution in [0.15, 0.2) is 6.20 Å². The number of nitrogens with one attached hydrogen (secondary N) is 3. The number of carbonyl (C=O) groups excluding carboxylic acids is 1. The van der Waals surface area contributed by atoms with Crippen LogP contribution in [-0.4, -0.2) is 68.7 Å². The highest BCUT2D eigenvalue weighted by atomic mass is 16.1. The van der Waals surface area contributed by atoms with Crippen LogP contribution in [0.3, 0.4) is 0 Å². The molecule has 9 heteroatoms. The minimum Gasteiger partial charge on any atom is -0.354 e. The molecule has 0 bridgehead atoms. The highest BCUT2D eigenvalue weighted by Gasteiger charge is 2.26. The van der Waals surface area contributed by atoms with Crippen LogP contribution >= 0.6 is 0 Å². The lowest BCUT2D eigenvalue weighted by Crippen LogP contribution is -2.41. The zero-order chi connectivity index (χ0) is 22.7. The second kappa shape index (κ2) is 10.0. The van der Waals surface area contributed by atoms with Crippen molar-refractivity contribution in [2.45, 2.75) is 95.8 Å². The van der Waals surface area contributed by atoms with Crippen molar-refractivity contribution < 1.29 is 4.79 Å². The van der Waals surface area contributed by atoms with E-state index < -0.39 is 0 Å². The summed E-state index contributed by atoms with van der Waals surface area (Å²) in [6.45, 7) is 3.71. The van der Waals surface area contributed by atoms with Crippen LogP contribution in [0.1, 0.15) is 70.8 Å². The highest BCUT2D eigenvalue weighted by molar-refractivity contribution is 5.73. The van der Waals surface area contributed by atoms with Gasteiger partial charge in [0.15, 0.2) is 5.65 Å². The van der Waals surface area contributed by atoms with Crippen LogP contribution in [0.2, 0.25) is 0 Å². The summed E-state index contributed by atoms with van der Waals surface area (Å²) < 4.78 is 1.83. The second-order valence-electron chi connectivity index (χ2n) is 9.65. The molecule has 0 saturated heterocycles. The Labute approximate surface area is 190 Å². The van der Waals surface area contributed by atoms with Gasteiger partial charge in [-0.15, -0.1) is 0 Å². The number of aryl methyl sites for hydroxylation is 1. The van der Waals surface area contributed by atoms with Gasteiger partial charge in [0.05, 0.1) is 6.20 Å². The number of rotatable bonds is 7. The molecule has 2 heterocycles. The lowest BCUT2D eigenvalue weighted by atomic mass is 9.90. The van der Waals surface area contributed by atoms with Gasteiger partial charge in [-0.2, -0.15) is 19.6 Å². The first-order chi connectivity index (χ1) is 15.4. The summed E-state index contributed by atoms with van der Waals surface area (Å²) in [5, 5.41) is 14.9. The molecule has 2 aromatic rings. The smallest absolute Gasteiger partial charge is 0.229 e. The molecule has 3 N–H and O–H groups in total. The normalized spacial score (nSPS) is 26.3. The van der Waals surface area contributed by atoms with E-state index in [1.54, 1.807) is 6.92 Å². The van der Waals surface area contributed by atoms with Crippen LogP contribution in [-0.2, 0) is 11.2 Å². The molecule has 2 aromatic heterocycles. The number of aromatic nitrogens is 4. The van der Waals surface area contributed by atoms with E-state index in [0.29, 0.717) is 18.0 Å². The third-order valence-corrected chi connectivity index (χ3v) is 7.00.